The Morgan fingerprint density at radius 1 is 1.06 bits per heavy atom. The van der Waals surface area contributed by atoms with Crippen LogP contribution >= 0.6 is 23.5 Å². The summed E-state index contributed by atoms with van der Waals surface area (Å²) < 4.78 is 0. The van der Waals surface area contributed by atoms with Crippen molar-refractivity contribution in [3.63, 3.8) is 0 Å². The van der Waals surface area contributed by atoms with Crippen molar-refractivity contribution in [1.82, 2.24) is 15.5 Å². The first kappa shape index (κ1) is 28.6. The van der Waals surface area contributed by atoms with Crippen molar-refractivity contribution in [1.29, 1.82) is 0 Å². The third-order valence-corrected chi connectivity index (χ3v) is 6.64. The Bertz CT molecular complexity index is 650. The molecule has 0 aromatic carbocycles. The zero-order valence-electron chi connectivity index (χ0n) is 19.5. The average molecular weight is 491 g/mol. The van der Waals surface area contributed by atoms with E-state index in [1.54, 1.807) is 11.8 Å². The minimum atomic E-state index is -1.10. The minimum Gasteiger partial charge on any atom is -0.480 e. The van der Waals surface area contributed by atoms with Gasteiger partial charge >= 0.3 is 5.97 Å². The van der Waals surface area contributed by atoms with Gasteiger partial charge in [-0.2, -0.15) is 23.5 Å². The summed E-state index contributed by atoms with van der Waals surface area (Å²) >= 11 is 3.14. The van der Waals surface area contributed by atoms with E-state index in [2.05, 4.69) is 10.6 Å². The second kappa shape index (κ2) is 14.6. The first-order valence-electron chi connectivity index (χ1n) is 11.0. The largest absolute Gasteiger partial charge is 0.480 e. The smallest absolute Gasteiger partial charge is 0.326 e. The number of rotatable bonds is 14. The molecule has 5 N–H and O–H groups in total. The van der Waals surface area contributed by atoms with Crippen LogP contribution in [0, 0.1) is 5.92 Å². The van der Waals surface area contributed by atoms with Crippen LogP contribution in [0.4, 0.5) is 0 Å². The van der Waals surface area contributed by atoms with Crippen LogP contribution in [0.1, 0.15) is 46.0 Å². The van der Waals surface area contributed by atoms with Crippen molar-refractivity contribution >= 4 is 47.2 Å². The van der Waals surface area contributed by atoms with E-state index < -0.39 is 42.0 Å². The van der Waals surface area contributed by atoms with Gasteiger partial charge in [0.2, 0.25) is 17.7 Å². The topological polar surface area (TPSA) is 142 Å². The highest BCUT2D eigenvalue weighted by Crippen LogP contribution is 2.20. The first-order chi connectivity index (χ1) is 15.1. The molecule has 3 amide bonds. The number of carbonyl (C=O) groups excluding carboxylic acids is 3. The molecule has 1 saturated heterocycles. The Morgan fingerprint density at radius 2 is 1.69 bits per heavy atom. The van der Waals surface area contributed by atoms with E-state index in [-0.39, 0.29) is 11.8 Å². The zero-order valence-corrected chi connectivity index (χ0v) is 21.1. The van der Waals surface area contributed by atoms with Gasteiger partial charge in [-0.1, -0.05) is 13.8 Å². The number of thioether (sulfide) groups is 2. The van der Waals surface area contributed by atoms with E-state index in [0.29, 0.717) is 44.4 Å². The molecule has 4 unspecified atom stereocenters. The Labute approximate surface area is 199 Å². The predicted molar refractivity (Wildman–Crippen MR) is 130 cm³/mol. The number of hydrogen-bond donors (Lipinski definition) is 4. The van der Waals surface area contributed by atoms with E-state index in [0.717, 1.165) is 5.75 Å². The normalized spacial score (nSPS) is 18.8. The molecule has 1 fully saturated rings. The van der Waals surface area contributed by atoms with Gasteiger partial charge in [0.1, 0.15) is 18.1 Å². The summed E-state index contributed by atoms with van der Waals surface area (Å²) in [4.78, 5) is 51.6. The summed E-state index contributed by atoms with van der Waals surface area (Å²) in [6.45, 7) is 4.22. The van der Waals surface area contributed by atoms with Gasteiger partial charge in [-0.25, -0.2) is 4.79 Å². The monoisotopic (exact) mass is 490 g/mol. The lowest BCUT2D eigenvalue weighted by Gasteiger charge is -2.28. The van der Waals surface area contributed by atoms with Crippen molar-refractivity contribution in [2.75, 3.05) is 30.6 Å². The van der Waals surface area contributed by atoms with Gasteiger partial charge in [-0.15, -0.1) is 0 Å². The summed E-state index contributed by atoms with van der Waals surface area (Å²) in [5, 5.41) is 14.8. The Morgan fingerprint density at radius 3 is 2.25 bits per heavy atom. The average Bonchev–Trinajstić information content (AvgIpc) is 3.23. The third kappa shape index (κ3) is 9.19. The van der Waals surface area contributed by atoms with Crippen LogP contribution in [0.2, 0.25) is 0 Å². The fourth-order valence-corrected chi connectivity index (χ4v) is 4.58. The molecule has 1 rings (SSSR count). The van der Waals surface area contributed by atoms with Crippen LogP contribution < -0.4 is 16.4 Å². The SMILES string of the molecule is CSCCC(N)C(=O)N1CCCC1C(=O)NC(CCSC)C(=O)NC(CC(C)C)C(=O)O. The maximum absolute atomic E-state index is 13.0. The van der Waals surface area contributed by atoms with Gasteiger partial charge in [0.25, 0.3) is 0 Å². The highest BCUT2D eigenvalue weighted by Gasteiger charge is 2.37. The van der Waals surface area contributed by atoms with Crippen molar-refractivity contribution in [2.45, 2.75) is 70.1 Å². The molecule has 0 aromatic rings. The number of carboxylic acids is 1. The molecule has 184 valence electrons. The van der Waals surface area contributed by atoms with Crippen LogP contribution in [0.25, 0.3) is 0 Å². The van der Waals surface area contributed by atoms with Crippen molar-refractivity contribution in [2.24, 2.45) is 11.7 Å². The number of nitrogens with one attached hydrogen (secondary N) is 2. The molecule has 11 heteroatoms. The molecule has 9 nitrogen and oxygen atoms in total. The number of hydrogen-bond acceptors (Lipinski definition) is 7. The lowest BCUT2D eigenvalue weighted by Crippen LogP contribution is -2.56. The van der Waals surface area contributed by atoms with Gasteiger partial charge in [0.15, 0.2) is 0 Å². The first-order valence-corrected chi connectivity index (χ1v) is 13.8. The second-order valence-electron chi connectivity index (χ2n) is 8.45. The van der Waals surface area contributed by atoms with Crippen molar-refractivity contribution in [3.05, 3.63) is 0 Å². The molecular formula is C21H38N4O5S2. The molecule has 0 aromatic heterocycles. The van der Waals surface area contributed by atoms with Crippen LogP contribution in [0.5, 0.6) is 0 Å². The van der Waals surface area contributed by atoms with Crippen LogP contribution in [-0.4, -0.2) is 88.4 Å². The number of likely N-dealkylation sites (tertiary alicyclic amines) is 1. The summed E-state index contributed by atoms with van der Waals surface area (Å²) in [7, 11) is 0. The molecular weight excluding hydrogens is 452 g/mol. The van der Waals surface area contributed by atoms with Crippen molar-refractivity contribution in [3.8, 4) is 0 Å². The zero-order chi connectivity index (χ0) is 24.3. The predicted octanol–water partition coefficient (Wildman–Crippen LogP) is 0.911. The van der Waals surface area contributed by atoms with E-state index >= 15 is 0 Å². The quantitative estimate of drug-likeness (QED) is 0.281. The molecule has 1 heterocycles. The van der Waals surface area contributed by atoms with Crippen LogP contribution in [0.3, 0.4) is 0 Å². The Balaban J connectivity index is 2.86. The number of amides is 3. The molecule has 0 spiro atoms. The van der Waals surface area contributed by atoms with Gasteiger partial charge in [0.05, 0.1) is 6.04 Å². The standard InChI is InChI=1S/C21H38N4O5S2/c1-13(2)12-16(21(29)30)24-18(26)15(8-11-32-4)23-19(27)17-6-5-9-25(17)20(28)14(22)7-10-31-3/h13-17H,5-12,22H2,1-4H3,(H,23,27)(H,24,26)(H,29,30). The molecule has 4 atom stereocenters. The fraction of sp³-hybridized carbons (Fsp3) is 0.810. The molecule has 32 heavy (non-hydrogen) atoms. The Hall–Kier alpha value is -1.46. The molecule has 1 aliphatic rings. The summed E-state index contributed by atoms with van der Waals surface area (Å²) in [5.74, 6) is -0.802. The lowest BCUT2D eigenvalue weighted by atomic mass is 10.0. The van der Waals surface area contributed by atoms with Gasteiger partial charge in [-0.3, -0.25) is 14.4 Å². The molecule has 0 bridgehead atoms. The second-order valence-corrected chi connectivity index (χ2v) is 10.4. The summed E-state index contributed by atoms with van der Waals surface area (Å²) in [5.41, 5.74) is 6.02. The third-order valence-electron chi connectivity index (χ3n) is 5.35. The number of nitrogens with zero attached hydrogens (tertiary/aromatic N) is 1. The van der Waals surface area contributed by atoms with Gasteiger partial charge in [-0.05, 0) is 62.0 Å². The van der Waals surface area contributed by atoms with Gasteiger partial charge < -0.3 is 26.4 Å². The van der Waals surface area contributed by atoms with E-state index in [9.17, 15) is 24.3 Å². The minimum absolute atomic E-state index is 0.0871. The number of nitrogens with two attached hydrogens (primary N) is 1. The van der Waals surface area contributed by atoms with Gasteiger partial charge in [0, 0.05) is 6.54 Å². The lowest BCUT2D eigenvalue weighted by molar-refractivity contribution is -0.143. The van der Waals surface area contributed by atoms with Crippen LogP contribution in [-0.2, 0) is 19.2 Å². The van der Waals surface area contributed by atoms with Crippen LogP contribution in [0.15, 0.2) is 0 Å². The summed E-state index contributed by atoms with van der Waals surface area (Å²) in [6, 6.07) is -3.21. The molecule has 0 saturated carbocycles. The number of carbonyl (C=O) groups is 4. The fourth-order valence-electron chi connectivity index (χ4n) is 3.62. The maximum atomic E-state index is 13.0. The van der Waals surface area contributed by atoms with Crippen molar-refractivity contribution < 1.29 is 24.3 Å². The highest BCUT2D eigenvalue weighted by atomic mass is 32.2. The van der Waals surface area contributed by atoms with E-state index in [4.69, 9.17) is 5.73 Å². The molecule has 0 radical (unpaired) electrons. The maximum Gasteiger partial charge on any atom is 0.326 e. The number of carboxylic acid groups (broad SMARTS) is 1. The molecule has 0 aliphatic carbocycles. The van der Waals surface area contributed by atoms with E-state index in [1.807, 2.05) is 26.4 Å². The number of aliphatic carboxylic acids is 1. The van der Waals surface area contributed by atoms with E-state index in [1.165, 1.54) is 16.7 Å². The summed E-state index contributed by atoms with van der Waals surface area (Å²) in [6.07, 6.45) is 6.23. The highest BCUT2D eigenvalue weighted by molar-refractivity contribution is 7.98. The Kier molecular flexibility index (Phi) is 13.1. The molecule has 1 aliphatic heterocycles.